The lowest BCUT2D eigenvalue weighted by atomic mass is 10.2. The Hall–Kier alpha value is -2.73. The highest BCUT2D eigenvalue weighted by Crippen LogP contribution is 2.30. The Bertz CT molecular complexity index is 838. The van der Waals surface area contributed by atoms with Crippen molar-refractivity contribution in [1.29, 1.82) is 0 Å². The largest absolute Gasteiger partial charge is 0.495 e. The fourth-order valence-electron chi connectivity index (χ4n) is 2.88. The third-order valence-corrected chi connectivity index (χ3v) is 4.50. The van der Waals surface area contributed by atoms with Crippen LogP contribution in [0.4, 0.5) is 11.4 Å². The average molecular weight is 389 g/mol. The van der Waals surface area contributed by atoms with Crippen LogP contribution in [-0.4, -0.2) is 31.6 Å². The lowest BCUT2D eigenvalue weighted by Crippen LogP contribution is -2.34. The number of hydrogen-bond acceptors (Lipinski definition) is 5. The number of nitrogens with zero attached hydrogens (tertiary/aromatic N) is 1. The summed E-state index contributed by atoms with van der Waals surface area (Å²) < 4.78 is 10.7. The zero-order chi connectivity index (χ0) is 19.4. The first-order valence-electron chi connectivity index (χ1n) is 8.73. The van der Waals surface area contributed by atoms with Gasteiger partial charge in [-0.05, 0) is 48.9 Å². The minimum Gasteiger partial charge on any atom is -0.495 e. The highest BCUT2D eigenvalue weighted by Gasteiger charge is 2.39. The Morgan fingerprint density at radius 1 is 1.19 bits per heavy atom. The van der Waals surface area contributed by atoms with Gasteiger partial charge < -0.3 is 14.8 Å². The fourth-order valence-corrected chi connectivity index (χ4v) is 3.14. The van der Waals surface area contributed by atoms with Crippen molar-refractivity contribution in [3.8, 4) is 11.5 Å². The van der Waals surface area contributed by atoms with E-state index in [9.17, 15) is 9.59 Å². The van der Waals surface area contributed by atoms with Crippen molar-refractivity contribution in [2.24, 2.45) is 0 Å². The second kappa shape index (κ2) is 8.31. The number of nitrogens with one attached hydrogen (secondary N) is 1. The minimum absolute atomic E-state index is 0.0799. The topological polar surface area (TPSA) is 67.9 Å². The molecule has 1 saturated heterocycles. The van der Waals surface area contributed by atoms with Crippen LogP contribution >= 0.6 is 11.6 Å². The summed E-state index contributed by atoms with van der Waals surface area (Å²) in [6, 6.07) is 11.4. The van der Waals surface area contributed by atoms with Crippen molar-refractivity contribution < 1.29 is 19.1 Å². The van der Waals surface area contributed by atoms with E-state index in [4.69, 9.17) is 21.1 Å². The first-order chi connectivity index (χ1) is 13.0. The van der Waals surface area contributed by atoms with Crippen LogP contribution < -0.4 is 19.7 Å². The molecule has 6 nitrogen and oxygen atoms in total. The molecule has 142 valence electrons. The second-order valence-corrected chi connectivity index (χ2v) is 6.57. The summed E-state index contributed by atoms with van der Waals surface area (Å²) in [6.07, 6.45) is 0.990. The molecule has 2 aromatic rings. The number of carbonyl (C=O) groups is 2. The van der Waals surface area contributed by atoms with Crippen LogP contribution in [0.5, 0.6) is 11.5 Å². The normalized spacial score (nSPS) is 16.6. The fraction of sp³-hybridized carbons (Fsp3) is 0.300. The van der Waals surface area contributed by atoms with E-state index in [1.54, 1.807) is 42.5 Å². The summed E-state index contributed by atoms with van der Waals surface area (Å²) in [7, 11) is 1.53. The van der Waals surface area contributed by atoms with Gasteiger partial charge >= 0.3 is 0 Å². The van der Waals surface area contributed by atoms with Crippen LogP contribution in [-0.2, 0) is 9.59 Å². The first-order valence-corrected chi connectivity index (χ1v) is 9.11. The number of imide groups is 1. The van der Waals surface area contributed by atoms with Crippen LogP contribution in [0.1, 0.15) is 19.8 Å². The Balaban J connectivity index is 1.72. The molecular formula is C20H21ClN2O4. The maximum absolute atomic E-state index is 12.7. The van der Waals surface area contributed by atoms with Gasteiger partial charge in [-0.25, -0.2) is 4.90 Å². The Morgan fingerprint density at radius 2 is 1.93 bits per heavy atom. The zero-order valence-corrected chi connectivity index (χ0v) is 16.0. The number of amides is 2. The molecule has 7 heteroatoms. The van der Waals surface area contributed by atoms with Gasteiger partial charge in [0.15, 0.2) is 0 Å². The van der Waals surface area contributed by atoms with Crippen molar-refractivity contribution in [2.75, 3.05) is 23.9 Å². The maximum Gasteiger partial charge on any atom is 0.256 e. The number of carbonyl (C=O) groups excluding carboxylic acids is 2. The molecule has 2 aromatic carbocycles. The number of ether oxygens (including phenoxy) is 2. The molecule has 27 heavy (non-hydrogen) atoms. The SMILES string of the molecule is CCCOc1ccc(N2C(=O)C[C@@H](Nc3ccc(OC)c(Cl)c3)C2=O)cc1. The van der Waals surface area contributed by atoms with Crippen molar-refractivity contribution >= 4 is 34.8 Å². The molecular weight excluding hydrogens is 368 g/mol. The molecule has 1 fully saturated rings. The van der Waals surface area contributed by atoms with Crippen molar-refractivity contribution in [1.82, 2.24) is 0 Å². The van der Waals surface area contributed by atoms with E-state index >= 15 is 0 Å². The molecule has 0 bridgehead atoms. The molecule has 1 N–H and O–H groups in total. The summed E-state index contributed by atoms with van der Waals surface area (Å²) in [6.45, 7) is 2.65. The van der Waals surface area contributed by atoms with E-state index < -0.39 is 6.04 Å². The number of methoxy groups -OCH3 is 1. The van der Waals surface area contributed by atoms with E-state index in [2.05, 4.69) is 5.32 Å². The van der Waals surface area contributed by atoms with Gasteiger partial charge in [0.05, 0.1) is 30.8 Å². The Kier molecular flexibility index (Phi) is 5.86. The van der Waals surface area contributed by atoms with Crippen LogP contribution in [0, 0.1) is 0 Å². The number of benzene rings is 2. The number of rotatable bonds is 7. The van der Waals surface area contributed by atoms with E-state index in [-0.39, 0.29) is 18.2 Å². The molecule has 0 aromatic heterocycles. The predicted molar refractivity (Wildman–Crippen MR) is 105 cm³/mol. The van der Waals surface area contributed by atoms with E-state index in [0.717, 1.165) is 6.42 Å². The molecule has 1 aliphatic rings. The Morgan fingerprint density at radius 3 is 2.56 bits per heavy atom. The van der Waals surface area contributed by atoms with Gasteiger partial charge in [-0.1, -0.05) is 18.5 Å². The average Bonchev–Trinajstić information content (AvgIpc) is 2.94. The van der Waals surface area contributed by atoms with Crippen LogP contribution in [0.3, 0.4) is 0 Å². The van der Waals surface area contributed by atoms with Crippen LogP contribution in [0.15, 0.2) is 42.5 Å². The molecule has 1 atom stereocenters. The molecule has 0 saturated carbocycles. The van der Waals surface area contributed by atoms with E-state index in [1.807, 2.05) is 6.92 Å². The van der Waals surface area contributed by atoms with E-state index in [0.29, 0.717) is 34.5 Å². The number of hydrogen-bond donors (Lipinski definition) is 1. The molecule has 0 unspecified atom stereocenters. The standard InChI is InChI=1S/C20H21ClN2O4/c1-3-10-27-15-7-5-14(6-8-15)23-19(24)12-17(20(23)25)22-13-4-9-18(26-2)16(21)11-13/h4-9,11,17,22H,3,10,12H2,1-2H3/t17-/m1/s1. The molecule has 0 aliphatic carbocycles. The van der Waals surface area contributed by atoms with Crippen molar-refractivity contribution in [2.45, 2.75) is 25.8 Å². The van der Waals surface area contributed by atoms with Gasteiger partial charge in [0, 0.05) is 5.69 Å². The van der Waals surface area contributed by atoms with Gasteiger partial charge in [0.2, 0.25) is 5.91 Å². The zero-order valence-electron chi connectivity index (χ0n) is 15.2. The molecule has 2 amide bonds. The summed E-state index contributed by atoms with van der Waals surface area (Å²) in [4.78, 5) is 26.3. The lowest BCUT2D eigenvalue weighted by molar-refractivity contribution is -0.121. The van der Waals surface area contributed by atoms with E-state index in [1.165, 1.54) is 12.0 Å². The summed E-state index contributed by atoms with van der Waals surface area (Å²) in [5.41, 5.74) is 1.18. The third kappa shape index (κ3) is 4.17. The lowest BCUT2D eigenvalue weighted by Gasteiger charge is -2.17. The predicted octanol–water partition coefficient (Wildman–Crippen LogP) is 3.88. The van der Waals surface area contributed by atoms with Crippen molar-refractivity contribution in [3.05, 3.63) is 47.5 Å². The van der Waals surface area contributed by atoms with Gasteiger partial charge in [0.1, 0.15) is 17.5 Å². The Labute approximate surface area is 163 Å². The third-order valence-electron chi connectivity index (χ3n) is 4.21. The van der Waals surface area contributed by atoms with Crippen LogP contribution in [0.2, 0.25) is 5.02 Å². The van der Waals surface area contributed by atoms with Gasteiger partial charge in [-0.3, -0.25) is 9.59 Å². The number of halogens is 1. The van der Waals surface area contributed by atoms with Crippen LogP contribution in [0.25, 0.3) is 0 Å². The summed E-state index contributed by atoms with van der Waals surface area (Å²) in [5.74, 6) is 0.707. The molecule has 0 spiro atoms. The highest BCUT2D eigenvalue weighted by molar-refractivity contribution is 6.32. The van der Waals surface area contributed by atoms with Crippen molar-refractivity contribution in [3.63, 3.8) is 0 Å². The smallest absolute Gasteiger partial charge is 0.256 e. The summed E-state index contributed by atoms with van der Waals surface area (Å²) in [5, 5.41) is 3.50. The van der Waals surface area contributed by atoms with Gasteiger partial charge in [0.25, 0.3) is 5.91 Å². The maximum atomic E-state index is 12.7. The molecule has 0 radical (unpaired) electrons. The minimum atomic E-state index is -0.641. The summed E-state index contributed by atoms with van der Waals surface area (Å²) >= 11 is 6.12. The molecule has 1 heterocycles. The monoisotopic (exact) mass is 388 g/mol. The highest BCUT2D eigenvalue weighted by atomic mass is 35.5. The molecule has 1 aliphatic heterocycles. The van der Waals surface area contributed by atoms with Gasteiger partial charge in [-0.2, -0.15) is 0 Å². The first kappa shape index (κ1) is 19.0. The number of anilines is 2. The molecule has 3 rings (SSSR count). The quantitative estimate of drug-likeness (QED) is 0.729. The second-order valence-electron chi connectivity index (χ2n) is 6.16. The van der Waals surface area contributed by atoms with Gasteiger partial charge in [-0.15, -0.1) is 0 Å².